The average Bonchev–Trinajstić information content (AvgIpc) is 2.40. The third-order valence-electron chi connectivity index (χ3n) is 2.89. The molecule has 19 heavy (non-hydrogen) atoms. The SMILES string of the molecule is CCNC(c1ccccc1F)c1cc(Br)ccc1Br. The lowest BCUT2D eigenvalue weighted by Crippen LogP contribution is -2.23. The van der Waals surface area contributed by atoms with Gasteiger partial charge in [0.2, 0.25) is 0 Å². The van der Waals surface area contributed by atoms with Crippen LogP contribution in [0.4, 0.5) is 4.39 Å². The van der Waals surface area contributed by atoms with Crippen molar-refractivity contribution in [1.82, 2.24) is 5.32 Å². The molecule has 0 spiro atoms. The van der Waals surface area contributed by atoms with Gasteiger partial charge in [-0.15, -0.1) is 0 Å². The number of hydrogen-bond donors (Lipinski definition) is 1. The van der Waals surface area contributed by atoms with Crippen molar-refractivity contribution in [3.05, 3.63) is 68.4 Å². The molecule has 0 aliphatic heterocycles. The predicted molar refractivity (Wildman–Crippen MR) is 83.8 cm³/mol. The molecule has 0 heterocycles. The molecule has 0 fully saturated rings. The number of nitrogens with one attached hydrogen (secondary N) is 1. The predicted octanol–water partition coefficient (Wildman–Crippen LogP) is 5.05. The molecule has 2 aromatic carbocycles. The topological polar surface area (TPSA) is 12.0 Å². The molecule has 0 radical (unpaired) electrons. The zero-order valence-corrected chi connectivity index (χ0v) is 13.6. The fraction of sp³-hybridized carbons (Fsp3) is 0.200. The van der Waals surface area contributed by atoms with E-state index in [-0.39, 0.29) is 11.9 Å². The van der Waals surface area contributed by atoms with Gasteiger partial charge in [0.15, 0.2) is 0 Å². The Kier molecular flexibility index (Phi) is 5.13. The molecule has 100 valence electrons. The van der Waals surface area contributed by atoms with Gasteiger partial charge >= 0.3 is 0 Å². The second kappa shape index (κ2) is 6.64. The summed E-state index contributed by atoms with van der Waals surface area (Å²) >= 11 is 7.00. The van der Waals surface area contributed by atoms with Crippen molar-refractivity contribution < 1.29 is 4.39 Å². The van der Waals surface area contributed by atoms with E-state index in [2.05, 4.69) is 37.2 Å². The fourth-order valence-corrected chi connectivity index (χ4v) is 2.89. The first-order valence-electron chi connectivity index (χ1n) is 6.06. The van der Waals surface area contributed by atoms with E-state index in [1.807, 2.05) is 37.3 Å². The van der Waals surface area contributed by atoms with Gasteiger partial charge in [0.25, 0.3) is 0 Å². The Morgan fingerprint density at radius 2 is 1.84 bits per heavy atom. The van der Waals surface area contributed by atoms with E-state index < -0.39 is 0 Å². The van der Waals surface area contributed by atoms with Gasteiger partial charge in [-0.2, -0.15) is 0 Å². The second-order valence-corrected chi connectivity index (χ2v) is 5.95. The number of rotatable bonds is 4. The van der Waals surface area contributed by atoms with E-state index >= 15 is 0 Å². The standard InChI is InChI=1S/C15H14Br2FN/c1-2-19-15(11-5-3-4-6-14(11)18)12-9-10(16)7-8-13(12)17/h3-9,15,19H,2H2,1H3. The van der Waals surface area contributed by atoms with Gasteiger partial charge in [0, 0.05) is 14.5 Å². The Hall–Kier alpha value is -0.710. The Morgan fingerprint density at radius 3 is 2.53 bits per heavy atom. The van der Waals surface area contributed by atoms with Crippen LogP contribution in [0.5, 0.6) is 0 Å². The molecule has 2 aromatic rings. The maximum absolute atomic E-state index is 14.0. The summed E-state index contributed by atoms with van der Waals surface area (Å²) in [6.07, 6.45) is 0. The molecule has 0 aliphatic rings. The summed E-state index contributed by atoms with van der Waals surface area (Å²) < 4.78 is 16.0. The second-order valence-electron chi connectivity index (χ2n) is 4.18. The summed E-state index contributed by atoms with van der Waals surface area (Å²) in [7, 11) is 0. The molecule has 0 aromatic heterocycles. The Bertz CT molecular complexity index is 572. The molecule has 0 aliphatic carbocycles. The molecule has 4 heteroatoms. The summed E-state index contributed by atoms with van der Waals surface area (Å²) in [6.45, 7) is 2.78. The van der Waals surface area contributed by atoms with Gasteiger partial charge in [0.1, 0.15) is 5.82 Å². The van der Waals surface area contributed by atoms with Gasteiger partial charge in [-0.3, -0.25) is 0 Å². The third kappa shape index (κ3) is 3.44. The zero-order chi connectivity index (χ0) is 13.8. The van der Waals surface area contributed by atoms with E-state index in [9.17, 15) is 4.39 Å². The van der Waals surface area contributed by atoms with Crippen LogP contribution in [-0.4, -0.2) is 6.54 Å². The van der Waals surface area contributed by atoms with Crippen molar-refractivity contribution in [1.29, 1.82) is 0 Å². The summed E-state index contributed by atoms with van der Waals surface area (Å²) in [5.74, 6) is -0.194. The van der Waals surface area contributed by atoms with Crippen molar-refractivity contribution in [2.75, 3.05) is 6.54 Å². The van der Waals surface area contributed by atoms with Crippen molar-refractivity contribution in [2.45, 2.75) is 13.0 Å². The zero-order valence-electron chi connectivity index (χ0n) is 10.5. The molecule has 1 nitrogen and oxygen atoms in total. The van der Waals surface area contributed by atoms with Crippen LogP contribution in [0.3, 0.4) is 0 Å². The highest BCUT2D eigenvalue weighted by Crippen LogP contribution is 2.32. The van der Waals surface area contributed by atoms with Gasteiger partial charge in [-0.05, 0) is 36.4 Å². The van der Waals surface area contributed by atoms with E-state index in [0.29, 0.717) is 5.56 Å². The van der Waals surface area contributed by atoms with Crippen LogP contribution in [-0.2, 0) is 0 Å². The number of hydrogen-bond acceptors (Lipinski definition) is 1. The van der Waals surface area contributed by atoms with Crippen molar-refractivity contribution in [2.24, 2.45) is 0 Å². The van der Waals surface area contributed by atoms with E-state index in [4.69, 9.17) is 0 Å². The maximum Gasteiger partial charge on any atom is 0.128 e. The van der Waals surface area contributed by atoms with Gasteiger partial charge in [-0.1, -0.05) is 57.0 Å². The van der Waals surface area contributed by atoms with Crippen LogP contribution in [0, 0.1) is 5.82 Å². The Labute approximate surface area is 129 Å². The molecule has 0 amide bonds. The minimum atomic E-state index is -0.194. The van der Waals surface area contributed by atoms with E-state index in [1.165, 1.54) is 6.07 Å². The van der Waals surface area contributed by atoms with Gasteiger partial charge < -0.3 is 5.32 Å². The largest absolute Gasteiger partial charge is 0.306 e. The van der Waals surface area contributed by atoms with Crippen LogP contribution in [0.2, 0.25) is 0 Å². The van der Waals surface area contributed by atoms with Crippen LogP contribution in [0.1, 0.15) is 24.1 Å². The average molecular weight is 387 g/mol. The molecule has 0 saturated heterocycles. The van der Waals surface area contributed by atoms with Crippen molar-refractivity contribution in [3.63, 3.8) is 0 Å². The van der Waals surface area contributed by atoms with Gasteiger partial charge in [0.05, 0.1) is 6.04 Å². The maximum atomic E-state index is 14.0. The first kappa shape index (κ1) is 14.7. The van der Waals surface area contributed by atoms with Crippen LogP contribution in [0.25, 0.3) is 0 Å². The highest BCUT2D eigenvalue weighted by Gasteiger charge is 2.19. The summed E-state index contributed by atoms with van der Waals surface area (Å²) in [6, 6.07) is 12.6. The fourth-order valence-electron chi connectivity index (χ4n) is 2.04. The monoisotopic (exact) mass is 385 g/mol. The summed E-state index contributed by atoms with van der Waals surface area (Å²) in [5, 5.41) is 3.33. The molecule has 2 rings (SSSR count). The smallest absolute Gasteiger partial charge is 0.128 e. The minimum Gasteiger partial charge on any atom is -0.306 e. The quantitative estimate of drug-likeness (QED) is 0.775. The van der Waals surface area contributed by atoms with E-state index in [1.54, 1.807) is 6.07 Å². The highest BCUT2D eigenvalue weighted by molar-refractivity contribution is 9.11. The number of halogens is 3. The van der Waals surface area contributed by atoms with Crippen LogP contribution < -0.4 is 5.32 Å². The van der Waals surface area contributed by atoms with Crippen LogP contribution >= 0.6 is 31.9 Å². The lowest BCUT2D eigenvalue weighted by Gasteiger charge is -2.21. The molecular formula is C15H14Br2FN. The van der Waals surface area contributed by atoms with Gasteiger partial charge in [-0.25, -0.2) is 4.39 Å². The molecule has 1 atom stereocenters. The summed E-state index contributed by atoms with van der Waals surface area (Å²) in [5.41, 5.74) is 1.67. The van der Waals surface area contributed by atoms with Crippen molar-refractivity contribution >= 4 is 31.9 Å². The first-order chi connectivity index (χ1) is 9.13. The lowest BCUT2D eigenvalue weighted by molar-refractivity contribution is 0.558. The van der Waals surface area contributed by atoms with Crippen molar-refractivity contribution in [3.8, 4) is 0 Å². The first-order valence-corrected chi connectivity index (χ1v) is 7.65. The number of benzene rings is 2. The molecular weight excluding hydrogens is 373 g/mol. The molecule has 1 unspecified atom stereocenters. The summed E-state index contributed by atoms with van der Waals surface area (Å²) in [4.78, 5) is 0. The lowest BCUT2D eigenvalue weighted by atomic mass is 9.98. The van der Waals surface area contributed by atoms with Crippen LogP contribution in [0.15, 0.2) is 51.4 Å². The molecule has 0 saturated carbocycles. The normalized spacial score (nSPS) is 12.4. The van der Waals surface area contributed by atoms with E-state index in [0.717, 1.165) is 21.1 Å². The minimum absolute atomic E-state index is 0.168. The Morgan fingerprint density at radius 1 is 1.11 bits per heavy atom. The molecule has 0 bridgehead atoms. The third-order valence-corrected chi connectivity index (χ3v) is 4.11. The molecule has 1 N–H and O–H groups in total. The highest BCUT2D eigenvalue weighted by atomic mass is 79.9. The Balaban J connectivity index is 2.51.